The quantitative estimate of drug-likeness (QED) is 0.780. The highest BCUT2D eigenvalue weighted by atomic mass is 32.2. The lowest BCUT2D eigenvalue weighted by Crippen LogP contribution is -2.40. The lowest BCUT2D eigenvalue weighted by molar-refractivity contribution is -0.130. The first-order chi connectivity index (χ1) is 11.8. The molecular weight excluding hydrogens is 336 g/mol. The van der Waals surface area contributed by atoms with E-state index >= 15 is 0 Å². The number of allylic oxidation sites excluding steroid dienone is 1. The van der Waals surface area contributed by atoms with E-state index in [1.807, 2.05) is 45.0 Å². The zero-order valence-corrected chi connectivity index (χ0v) is 15.6. The van der Waals surface area contributed by atoms with Crippen molar-refractivity contribution in [1.82, 2.24) is 4.90 Å². The first-order valence-electron chi connectivity index (χ1n) is 8.35. The molecule has 2 aliphatic rings. The number of hydrogen-bond donors (Lipinski definition) is 0. The minimum Gasteiger partial charge on any atom is -0.310 e. The van der Waals surface area contributed by atoms with Crippen LogP contribution in [0.15, 0.2) is 35.4 Å². The van der Waals surface area contributed by atoms with Crippen LogP contribution >= 0.6 is 11.8 Å². The Hall–Kier alpha value is -2.08. The van der Waals surface area contributed by atoms with Crippen molar-refractivity contribution in [2.75, 3.05) is 23.7 Å². The number of carbonyl (C=O) groups excluding carboxylic acids is 3. The third-order valence-electron chi connectivity index (χ3n) is 4.39. The fourth-order valence-electron chi connectivity index (χ4n) is 2.85. The van der Waals surface area contributed by atoms with Crippen LogP contribution in [-0.4, -0.2) is 41.3 Å². The number of nitrogens with zero attached hydrogens (tertiary/aromatic N) is 2. The molecule has 0 N–H and O–H groups in total. The summed E-state index contributed by atoms with van der Waals surface area (Å²) in [5, 5.41) is 0.575. The van der Waals surface area contributed by atoms with Crippen molar-refractivity contribution >= 4 is 35.0 Å². The molecule has 3 rings (SSSR count). The van der Waals surface area contributed by atoms with Crippen molar-refractivity contribution in [3.8, 4) is 0 Å². The Balaban J connectivity index is 1.77. The van der Waals surface area contributed by atoms with E-state index in [1.165, 1.54) is 22.7 Å². The Morgan fingerprint density at radius 3 is 2.68 bits per heavy atom. The number of hydrogen-bond acceptors (Lipinski definition) is 4. The highest BCUT2D eigenvalue weighted by Crippen LogP contribution is 2.32. The molecule has 1 saturated heterocycles. The van der Waals surface area contributed by atoms with Crippen molar-refractivity contribution in [3.05, 3.63) is 40.9 Å². The van der Waals surface area contributed by atoms with E-state index < -0.39 is 5.41 Å². The van der Waals surface area contributed by atoms with Crippen LogP contribution in [0.4, 0.5) is 5.69 Å². The summed E-state index contributed by atoms with van der Waals surface area (Å²) in [6.45, 7) is 6.12. The summed E-state index contributed by atoms with van der Waals surface area (Å²) in [5.41, 5.74) is 1.56. The molecule has 1 aromatic rings. The molecule has 0 radical (unpaired) electrons. The van der Waals surface area contributed by atoms with E-state index in [-0.39, 0.29) is 29.9 Å². The number of rotatable bonds is 3. The number of ketones is 1. The topological polar surface area (TPSA) is 57.7 Å². The van der Waals surface area contributed by atoms with Gasteiger partial charge in [0.15, 0.2) is 5.78 Å². The van der Waals surface area contributed by atoms with Crippen molar-refractivity contribution in [2.24, 2.45) is 5.41 Å². The molecule has 0 bridgehead atoms. The summed E-state index contributed by atoms with van der Waals surface area (Å²) < 4.78 is 0. The van der Waals surface area contributed by atoms with Crippen LogP contribution < -0.4 is 4.90 Å². The van der Waals surface area contributed by atoms with Crippen LogP contribution in [0.25, 0.3) is 0 Å². The number of benzene rings is 1. The summed E-state index contributed by atoms with van der Waals surface area (Å²) in [4.78, 5) is 40.4. The van der Waals surface area contributed by atoms with Crippen LogP contribution in [0, 0.1) is 5.41 Å². The third kappa shape index (κ3) is 3.63. The van der Waals surface area contributed by atoms with Gasteiger partial charge in [0.1, 0.15) is 6.54 Å². The monoisotopic (exact) mass is 358 g/mol. The zero-order valence-electron chi connectivity index (χ0n) is 14.7. The standard InChI is InChI=1S/C19H22N2O3S/c1-19(2,3)15(22)10-18-21(17(24)12-25-18)11-16(23)20-9-8-13-6-4-5-7-14(13)20/h4-7,10H,8-9,11-12H2,1-3H3. The Bertz CT molecular complexity index is 764. The predicted molar refractivity (Wildman–Crippen MR) is 99.2 cm³/mol. The molecule has 0 saturated carbocycles. The van der Waals surface area contributed by atoms with Gasteiger partial charge in [-0.2, -0.15) is 0 Å². The second-order valence-electron chi connectivity index (χ2n) is 7.29. The van der Waals surface area contributed by atoms with E-state index in [4.69, 9.17) is 0 Å². The van der Waals surface area contributed by atoms with Crippen LogP contribution in [-0.2, 0) is 20.8 Å². The number of carbonyl (C=O) groups is 3. The molecule has 5 nitrogen and oxygen atoms in total. The van der Waals surface area contributed by atoms with Crippen molar-refractivity contribution in [3.63, 3.8) is 0 Å². The summed E-state index contributed by atoms with van der Waals surface area (Å²) in [5.74, 6) is -0.0185. The van der Waals surface area contributed by atoms with Crippen LogP contribution in [0.1, 0.15) is 26.3 Å². The van der Waals surface area contributed by atoms with Gasteiger partial charge in [0.05, 0.1) is 10.8 Å². The average molecular weight is 358 g/mol. The maximum Gasteiger partial charge on any atom is 0.247 e. The number of amides is 2. The van der Waals surface area contributed by atoms with E-state index in [1.54, 1.807) is 4.90 Å². The van der Waals surface area contributed by atoms with Gasteiger partial charge in [0.25, 0.3) is 0 Å². The molecule has 2 amide bonds. The molecule has 6 heteroatoms. The zero-order chi connectivity index (χ0) is 18.2. The molecule has 2 heterocycles. The molecule has 0 atom stereocenters. The lowest BCUT2D eigenvalue weighted by atomic mass is 9.91. The summed E-state index contributed by atoms with van der Waals surface area (Å²) in [6, 6.07) is 7.83. The van der Waals surface area contributed by atoms with Crippen LogP contribution in [0.3, 0.4) is 0 Å². The first-order valence-corrected chi connectivity index (χ1v) is 9.33. The molecule has 1 fully saturated rings. The summed E-state index contributed by atoms with van der Waals surface area (Å²) in [6.07, 6.45) is 2.33. The minimum absolute atomic E-state index is 0.0244. The van der Waals surface area contributed by atoms with E-state index in [9.17, 15) is 14.4 Å². The molecule has 0 spiro atoms. The van der Waals surface area contributed by atoms with Crippen LogP contribution in [0.2, 0.25) is 0 Å². The van der Waals surface area contributed by atoms with E-state index in [2.05, 4.69) is 0 Å². The van der Waals surface area contributed by atoms with Gasteiger partial charge in [-0.25, -0.2) is 0 Å². The molecular formula is C19H22N2O3S. The van der Waals surface area contributed by atoms with Gasteiger partial charge < -0.3 is 4.90 Å². The Morgan fingerprint density at radius 2 is 1.96 bits per heavy atom. The van der Waals surface area contributed by atoms with Crippen molar-refractivity contribution in [1.29, 1.82) is 0 Å². The third-order valence-corrected chi connectivity index (χ3v) is 5.41. The van der Waals surface area contributed by atoms with Gasteiger partial charge in [0.2, 0.25) is 11.8 Å². The average Bonchev–Trinajstić information content (AvgIpc) is 3.12. The number of fused-ring (bicyclic) bond motifs is 1. The Labute approximate surface area is 152 Å². The van der Waals surface area contributed by atoms with Crippen LogP contribution in [0.5, 0.6) is 0 Å². The van der Waals surface area contributed by atoms with E-state index in [0.717, 1.165) is 17.7 Å². The maximum absolute atomic E-state index is 12.7. The van der Waals surface area contributed by atoms with Gasteiger partial charge >= 0.3 is 0 Å². The highest BCUT2D eigenvalue weighted by molar-refractivity contribution is 8.04. The Kier molecular flexibility index (Phi) is 4.73. The maximum atomic E-state index is 12.7. The first kappa shape index (κ1) is 17.7. The fraction of sp³-hybridized carbons (Fsp3) is 0.421. The SMILES string of the molecule is CC(C)(C)C(=O)C=C1SCC(=O)N1CC(=O)N1CCc2ccccc21. The normalized spacial score (nSPS) is 18.8. The van der Waals surface area contributed by atoms with Crippen molar-refractivity contribution in [2.45, 2.75) is 27.2 Å². The largest absolute Gasteiger partial charge is 0.310 e. The highest BCUT2D eigenvalue weighted by Gasteiger charge is 2.33. The van der Waals surface area contributed by atoms with E-state index in [0.29, 0.717) is 11.6 Å². The molecule has 25 heavy (non-hydrogen) atoms. The number of anilines is 1. The van der Waals surface area contributed by atoms with Gasteiger partial charge in [0, 0.05) is 23.7 Å². The van der Waals surface area contributed by atoms with Crippen molar-refractivity contribution < 1.29 is 14.4 Å². The lowest BCUT2D eigenvalue weighted by Gasteiger charge is -2.23. The summed E-state index contributed by atoms with van der Waals surface area (Å²) in [7, 11) is 0. The molecule has 0 aliphatic carbocycles. The van der Waals surface area contributed by atoms with Gasteiger partial charge in [-0.1, -0.05) is 50.7 Å². The predicted octanol–water partition coefficient (Wildman–Crippen LogP) is 2.61. The molecule has 0 aromatic heterocycles. The molecule has 1 aromatic carbocycles. The van der Waals surface area contributed by atoms with Gasteiger partial charge in [-0.15, -0.1) is 0 Å². The number of para-hydroxylation sites is 1. The van der Waals surface area contributed by atoms with Gasteiger partial charge in [-0.3, -0.25) is 19.3 Å². The second kappa shape index (κ2) is 6.67. The Morgan fingerprint density at radius 1 is 1.24 bits per heavy atom. The minimum atomic E-state index is -0.511. The smallest absolute Gasteiger partial charge is 0.247 e. The van der Waals surface area contributed by atoms with Gasteiger partial charge in [-0.05, 0) is 18.1 Å². The molecule has 132 valence electrons. The molecule has 0 unspecified atom stereocenters. The fourth-order valence-corrected chi connectivity index (χ4v) is 3.79. The number of thioether (sulfide) groups is 1. The molecule has 2 aliphatic heterocycles. The summed E-state index contributed by atoms with van der Waals surface area (Å²) >= 11 is 1.32. The second-order valence-corrected chi connectivity index (χ2v) is 8.29.